The van der Waals surface area contributed by atoms with Crippen LogP contribution in [-0.2, 0) is 11.2 Å². The molecule has 3 aromatic carbocycles. The van der Waals surface area contributed by atoms with Gasteiger partial charge in [0.05, 0.1) is 0 Å². The number of aromatic amines is 1. The molecule has 0 saturated heterocycles. The number of rotatable bonds is 5. The highest BCUT2D eigenvalue weighted by atomic mass is 35.5. The molecule has 1 N–H and O–H groups in total. The van der Waals surface area contributed by atoms with E-state index in [0.29, 0.717) is 5.02 Å². The Kier molecular flexibility index (Phi) is 5.22. The summed E-state index contributed by atoms with van der Waals surface area (Å²) in [5.41, 5.74) is 5.31. The highest BCUT2D eigenvalue weighted by Gasteiger charge is 2.33. The predicted molar refractivity (Wildman–Crippen MR) is 119 cm³/mol. The molecule has 4 rings (SSSR count). The fourth-order valence-electron chi connectivity index (χ4n) is 3.95. The minimum absolute atomic E-state index is 0.233. The number of hydrogen-bond acceptors (Lipinski definition) is 1. The van der Waals surface area contributed by atoms with Gasteiger partial charge in [0.15, 0.2) is 0 Å². The monoisotopic (exact) mass is 409 g/mol. The van der Waals surface area contributed by atoms with Gasteiger partial charge in [-0.05, 0) is 59.7 Å². The summed E-state index contributed by atoms with van der Waals surface area (Å²) in [6.45, 7) is 2.19. The van der Waals surface area contributed by atoms with Crippen molar-refractivity contribution in [3.63, 3.8) is 0 Å². The number of thioether (sulfide) groups is 1. The molecular formula is C24H21ClFNS. The smallest absolute Gasteiger partial charge is 0.123 e. The van der Waals surface area contributed by atoms with Crippen LogP contribution in [-0.4, -0.2) is 11.2 Å². The number of aromatic nitrogens is 1. The molecule has 1 aromatic heterocycles. The van der Waals surface area contributed by atoms with Gasteiger partial charge < -0.3 is 4.98 Å². The average Bonchev–Trinajstić information content (AvgIpc) is 3.14. The first-order valence-electron chi connectivity index (χ1n) is 9.14. The molecule has 0 aliphatic rings. The molecule has 0 amide bonds. The van der Waals surface area contributed by atoms with Gasteiger partial charge in [0.1, 0.15) is 5.82 Å². The topological polar surface area (TPSA) is 15.8 Å². The highest BCUT2D eigenvalue weighted by molar-refractivity contribution is 7.97. The van der Waals surface area contributed by atoms with Crippen LogP contribution in [0.25, 0.3) is 10.9 Å². The van der Waals surface area contributed by atoms with E-state index in [9.17, 15) is 4.39 Å². The number of fused-ring (bicyclic) bond motifs is 1. The van der Waals surface area contributed by atoms with Gasteiger partial charge in [-0.15, -0.1) is 0 Å². The number of benzene rings is 3. The van der Waals surface area contributed by atoms with Crippen LogP contribution in [0.2, 0.25) is 5.02 Å². The molecule has 0 fully saturated rings. The van der Waals surface area contributed by atoms with Crippen molar-refractivity contribution in [2.45, 2.75) is 18.1 Å². The zero-order chi connectivity index (χ0) is 19.7. The van der Waals surface area contributed by atoms with Gasteiger partial charge in [-0.25, -0.2) is 4.39 Å². The molecule has 1 nitrogen and oxygen atoms in total. The minimum atomic E-state index is -0.450. The van der Waals surface area contributed by atoms with Crippen molar-refractivity contribution in [3.8, 4) is 0 Å². The SMILES string of the molecule is CSCc1cccc2c(C(C)(c3ccc(F)cc3)c3ccc(Cl)cc3)c[nH]c12. The van der Waals surface area contributed by atoms with Crippen LogP contribution < -0.4 is 0 Å². The van der Waals surface area contributed by atoms with Crippen LogP contribution in [0.15, 0.2) is 72.9 Å². The second kappa shape index (κ2) is 7.65. The Hall–Kier alpha value is -2.23. The summed E-state index contributed by atoms with van der Waals surface area (Å²) in [5.74, 6) is 0.717. The van der Waals surface area contributed by atoms with Crippen molar-refractivity contribution in [3.05, 3.63) is 106 Å². The predicted octanol–water partition coefficient (Wildman–Crippen LogP) is 7.18. The van der Waals surface area contributed by atoms with E-state index in [0.717, 1.165) is 22.4 Å². The molecular weight excluding hydrogens is 389 g/mol. The van der Waals surface area contributed by atoms with E-state index in [-0.39, 0.29) is 5.82 Å². The van der Waals surface area contributed by atoms with Crippen molar-refractivity contribution in [2.24, 2.45) is 0 Å². The first kappa shape index (κ1) is 19.1. The third-order valence-electron chi connectivity index (χ3n) is 5.48. The lowest BCUT2D eigenvalue weighted by Gasteiger charge is -2.31. The van der Waals surface area contributed by atoms with Crippen molar-refractivity contribution < 1.29 is 4.39 Å². The number of hydrogen-bond donors (Lipinski definition) is 1. The molecule has 0 saturated carbocycles. The number of nitrogens with one attached hydrogen (secondary N) is 1. The van der Waals surface area contributed by atoms with E-state index in [1.165, 1.54) is 28.6 Å². The first-order chi connectivity index (χ1) is 13.5. The lowest BCUT2D eigenvalue weighted by Crippen LogP contribution is -2.25. The van der Waals surface area contributed by atoms with Crippen LogP contribution in [0.1, 0.15) is 29.2 Å². The molecule has 0 spiro atoms. The standard InChI is InChI=1S/C24H21ClFNS/c1-24(17-6-10-19(25)11-7-17,18-8-12-20(26)13-9-18)22-14-27-23-16(15-28-2)4-3-5-21(22)23/h3-14,27H,15H2,1-2H3. The molecule has 4 heteroatoms. The van der Waals surface area contributed by atoms with Gasteiger partial charge in [-0.3, -0.25) is 0 Å². The van der Waals surface area contributed by atoms with Crippen LogP contribution in [0.4, 0.5) is 4.39 Å². The molecule has 1 heterocycles. The lowest BCUT2D eigenvalue weighted by atomic mass is 9.71. The van der Waals surface area contributed by atoms with E-state index in [1.807, 2.05) is 24.3 Å². The maximum Gasteiger partial charge on any atom is 0.123 e. The van der Waals surface area contributed by atoms with Gasteiger partial charge in [0.25, 0.3) is 0 Å². The normalized spacial score (nSPS) is 13.6. The molecule has 1 atom stereocenters. The van der Waals surface area contributed by atoms with E-state index < -0.39 is 5.41 Å². The Balaban J connectivity index is 1.99. The fourth-order valence-corrected chi connectivity index (χ4v) is 4.63. The summed E-state index contributed by atoms with van der Waals surface area (Å²) in [6, 6.07) is 21.1. The summed E-state index contributed by atoms with van der Waals surface area (Å²) in [5, 5.41) is 1.89. The molecule has 0 radical (unpaired) electrons. The van der Waals surface area contributed by atoms with Crippen molar-refractivity contribution >= 4 is 34.3 Å². The van der Waals surface area contributed by atoms with Crippen molar-refractivity contribution in [1.29, 1.82) is 0 Å². The molecule has 0 aliphatic heterocycles. The lowest BCUT2D eigenvalue weighted by molar-refractivity contribution is 0.622. The minimum Gasteiger partial charge on any atom is -0.361 e. The maximum absolute atomic E-state index is 13.6. The number of H-pyrrole nitrogens is 1. The van der Waals surface area contributed by atoms with Crippen LogP contribution in [0.3, 0.4) is 0 Å². The Morgan fingerprint density at radius 2 is 1.61 bits per heavy atom. The van der Waals surface area contributed by atoms with E-state index in [1.54, 1.807) is 11.8 Å². The quantitative estimate of drug-likeness (QED) is 0.369. The molecule has 1 unspecified atom stereocenters. The zero-order valence-electron chi connectivity index (χ0n) is 15.8. The highest BCUT2D eigenvalue weighted by Crippen LogP contribution is 2.43. The zero-order valence-corrected chi connectivity index (χ0v) is 17.4. The van der Waals surface area contributed by atoms with E-state index in [2.05, 4.69) is 54.7 Å². The summed E-state index contributed by atoms with van der Waals surface area (Å²) in [7, 11) is 0. The fraction of sp³-hybridized carbons (Fsp3) is 0.167. The average molecular weight is 410 g/mol. The molecule has 0 bridgehead atoms. The molecule has 142 valence electrons. The van der Waals surface area contributed by atoms with E-state index >= 15 is 0 Å². The molecule has 0 aliphatic carbocycles. The molecule has 28 heavy (non-hydrogen) atoms. The largest absolute Gasteiger partial charge is 0.361 e. The second-order valence-electron chi connectivity index (χ2n) is 7.11. The van der Waals surface area contributed by atoms with E-state index in [4.69, 9.17) is 11.6 Å². The Bertz CT molecular complexity index is 1050. The maximum atomic E-state index is 13.6. The van der Waals surface area contributed by atoms with Crippen LogP contribution in [0, 0.1) is 5.82 Å². The number of halogens is 2. The van der Waals surface area contributed by atoms with Crippen molar-refractivity contribution in [1.82, 2.24) is 4.98 Å². The van der Waals surface area contributed by atoms with Crippen molar-refractivity contribution in [2.75, 3.05) is 6.26 Å². The third kappa shape index (κ3) is 3.23. The molecule has 4 aromatic rings. The number of para-hydroxylation sites is 1. The Labute approximate surface area is 173 Å². The van der Waals surface area contributed by atoms with Gasteiger partial charge in [0, 0.05) is 33.3 Å². The first-order valence-corrected chi connectivity index (χ1v) is 10.9. The summed E-state index contributed by atoms with van der Waals surface area (Å²) >= 11 is 7.95. The Morgan fingerprint density at radius 1 is 0.964 bits per heavy atom. The Morgan fingerprint density at radius 3 is 2.25 bits per heavy atom. The van der Waals surface area contributed by atoms with Gasteiger partial charge in [-0.1, -0.05) is 54.1 Å². The summed E-state index contributed by atoms with van der Waals surface area (Å²) < 4.78 is 13.6. The summed E-state index contributed by atoms with van der Waals surface area (Å²) in [6.07, 6.45) is 4.20. The summed E-state index contributed by atoms with van der Waals surface area (Å²) in [4.78, 5) is 3.50. The van der Waals surface area contributed by atoms with Crippen LogP contribution in [0.5, 0.6) is 0 Å². The second-order valence-corrected chi connectivity index (χ2v) is 8.42. The van der Waals surface area contributed by atoms with Crippen LogP contribution >= 0.6 is 23.4 Å². The van der Waals surface area contributed by atoms with Gasteiger partial charge >= 0.3 is 0 Å². The van der Waals surface area contributed by atoms with Gasteiger partial charge in [0.2, 0.25) is 0 Å². The third-order valence-corrected chi connectivity index (χ3v) is 6.34. The van der Waals surface area contributed by atoms with Gasteiger partial charge in [-0.2, -0.15) is 11.8 Å².